The van der Waals surface area contributed by atoms with Crippen LogP contribution in [0.3, 0.4) is 0 Å². The molecule has 0 heterocycles. The van der Waals surface area contributed by atoms with Gasteiger partial charge in [0.2, 0.25) is 0 Å². The second-order valence-corrected chi connectivity index (χ2v) is 2.54. The Labute approximate surface area is 53.3 Å². The minimum absolute atomic E-state index is 0.843. The highest BCUT2D eigenvalue weighted by atomic mass is 14.0. The maximum absolute atomic E-state index is 3.84. The normalized spacial score (nSPS) is 13.9. The van der Waals surface area contributed by atoms with Gasteiger partial charge in [0.25, 0.3) is 0 Å². The molecule has 0 saturated carbocycles. The topological polar surface area (TPSA) is 0 Å². The fourth-order valence-electron chi connectivity index (χ4n) is 0.697. The summed E-state index contributed by atoms with van der Waals surface area (Å²) in [6.45, 7) is 8.34. The Morgan fingerprint density at radius 2 is 2.12 bits per heavy atom. The van der Waals surface area contributed by atoms with Gasteiger partial charge in [-0.25, -0.2) is 0 Å². The molecule has 0 amide bonds. The SMILES string of the molecule is [CH2]C[C@@H](C)CCCC. The Morgan fingerprint density at radius 1 is 1.50 bits per heavy atom. The van der Waals surface area contributed by atoms with Crippen LogP contribution in [0, 0.1) is 12.8 Å². The van der Waals surface area contributed by atoms with Crippen LogP contribution >= 0.6 is 0 Å². The van der Waals surface area contributed by atoms with E-state index in [0.29, 0.717) is 0 Å². The molecule has 8 heavy (non-hydrogen) atoms. The smallest absolute Gasteiger partial charge is 0.0443 e. The van der Waals surface area contributed by atoms with Gasteiger partial charge in [0.15, 0.2) is 0 Å². The molecule has 0 aliphatic rings. The molecule has 49 valence electrons. The van der Waals surface area contributed by atoms with Gasteiger partial charge >= 0.3 is 0 Å². The van der Waals surface area contributed by atoms with Gasteiger partial charge in [0.1, 0.15) is 0 Å². The second kappa shape index (κ2) is 5.14. The average molecular weight is 113 g/mol. The first-order valence-corrected chi connectivity index (χ1v) is 3.60. The van der Waals surface area contributed by atoms with Crippen LogP contribution in [0.4, 0.5) is 0 Å². The maximum Gasteiger partial charge on any atom is -0.0443 e. The standard InChI is InChI=1S/C8H17/c1-4-6-7-8(3)5-2/h8H,2,4-7H2,1,3H3/t8-/m1/s1. The van der Waals surface area contributed by atoms with Gasteiger partial charge in [-0.1, -0.05) is 46.5 Å². The summed E-state index contributed by atoms with van der Waals surface area (Å²) in [6, 6.07) is 0. The number of hydrogen-bond donors (Lipinski definition) is 0. The molecule has 0 aliphatic carbocycles. The molecule has 0 aromatic rings. The zero-order valence-electron chi connectivity index (χ0n) is 6.11. The maximum atomic E-state index is 3.84. The van der Waals surface area contributed by atoms with Crippen molar-refractivity contribution < 1.29 is 0 Å². The summed E-state index contributed by atoms with van der Waals surface area (Å²) < 4.78 is 0. The summed E-state index contributed by atoms with van der Waals surface area (Å²) in [7, 11) is 0. The zero-order valence-corrected chi connectivity index (χ0v) is 6.11. The van der Waals surface area contributed by atoms with E-state index in [9.17, 15) is 0 Å². The van der Waals surface area contributed by atoms with E-state index in [2.05, 4.69) is 20.8 Å². The predicted molar refractivity (Wildman–Crippen MR) is 38.7 cm³/mol. The Balaban J connectivity index is 2.86. The van der Waals surface area contributed by atoms with Crippen LogP contribution in [0.2, 0.25) is 0 Å². The Bertz CT molecular complexity index is 39.3. The van der Waals surface area contributed by atoms with Gasteiger partial charge in [0, 0.05) is 0 Å². The fraction of sp³-hybridized carbons (Fsp3) is 0.875. The molecule has 0 aromatic heterocycles. The molecule has 0 bridgehead atoms. The van der Waals surface area contributed by atoms with Gasteiger partial charge in [-0.15, -0.1) is 0 Å². The Hall–Kier alpha value is 0. The zero-order chi connectivity index (χ0) is 6.41. The van der Waals surface area contributed by atoms with Gasteiger partial charge in [-0.2, -0.15) is 0 Å². The van der Waals surface area contributed by atoms with E-state index in [1.807, 2.05) is 0 Å². The first kappa shape index (κ1) is 8.00. The average Bonchev–Trinajstić information content (AvgIpc) is 1.83. The Morgan fingerprint density at radius 3 is 2.50 bits per heavy atom. The van der Waals surface area contributed by atoms with E-state index in [1.165, 1.54) is 19.3 Å². The van der Waals surface area contributed by atoms with E-state index in [0.717, 1.165) is 12.3 Å². The highest BCUT2D eigenvalue weighted by Gasteiger charge is 1.94. The van der Waals surface area contributed by atoms with E-state index in [1.54, 1.807) is 0 Å². The van der Waals surface area contributed by atoms with Crippen LogP contribution in [-0.2, 0) is 0 Å². The van der Waals surface area contributed by atoms with Crippen molar-refractivity contribution in [2.24, 2.45) is 5.92 Å². The molecule has 0 nitrogen and oxygen atoms in total. The van der Waals surface area contributed by atoms with Crippen LogP contribution < -0.4 is 0 Å². The van der Waals surface area contributed by atoms with Gasteiger partial charge in [-0.3, -0.25) is 0 Å². The van der Waals surface area contributed by atoms with Gasteiger partial charge < -0.3 is 0 Å². The molecule has 0 fully saturated rings. The number of hydrogen-bond acceptors (Lipinski definition) is 0. The van der Waals surface area contributed by atoms with Crippen molar-refractivity contribution >= 4 is 0 Å². The van der Waals surface area contributed by atoms with Crippen LogP contribution in [0.1, 0.15) is 39.5 Å². The van der Waals surface area contributed by atoms with E-state index in [-0.39, 0.29) is 0 Å². The summed E-state index contributed by atoms with van der Waals surface area (Å²) in [5.41, 5.74) is 0. The van der Waals surface area contributed by atoms with Crippen molar-refractivity contribution in [3.63, 3.8) is 0 Å². The first-order chi connectivity index (χ1) is 3.81. The minimum atomic E-state index is 0.843. The van der Waals surface area contributed by atoms with Crippen molar-refractivity contribution in [2.75, 3.05) is 0 Å². The lowest BCUT2D eigenvalue weighted by Gasteiger charge is -2.04. The highest BCUT2D eigenvalue weighted by molar-refractivity contribution is 4.52. The van der Waals surface area contributed by atoms with Gasteiger partial charge in [-0.05, 0) is 5.92 Å². The van der Waals surface area contributed by atoms with Crippen LogP contribution in [0.25, 0.3) is 0 Å². The summed E-state index contributed by atoms with van der Waals surface area (Å²) in [5.74, 6) is 0.843. The summed E-state index contributed by atoms with van der Waals surface area (Å²) in [5, 5.41) is 0. The largest absolute Gasteiger partial charge is 0.0654 e. The molecular formula is C8H17. The lowest BCUT2D eigenvalue weighted by molar-refractivity contribution is 0.510. The molecule has 0 rings (SSSR count). The molecule has 1 radical (unpaired) electrons. The molecule has 0 spiro atoms. The van der Waals surface area contributed by atoms with Crippen molar-refractivity contribution in [1.82, 2.24) is 0 Å². The van der Waals surface area contributed by atoms with E-state index < -0.39 is 0 Å². The van der Waals surface area contributed by atoms with Crippen molar-refractivity contribution in [3.05, 3.63) is 6.92 Å². The molecule has 0 aromatic carbocycles. The number of unbranched alkanes of at least 4 members (excludes halogenated alkanes) is 1. The van der Waals surface area contributed by atoms with Crippen molar-refractivity contribution in [2.45, 2.75) is 39.5 Å². The summed E-state index contributed by atoms with van der Waals surface area (Å²) in [4.78, 5) is 0. The monoisotopic (exact) mass is 113 g/mol. The van der Waals surface area contributed by atoms with Crippen molar-refractivity contribution in [1.29, 1.82) is 0 Å². The lowest BCUT2D eigenvalue weighted by Crippen LogP contribution is -1.90. The third-order valence-electron chi connectivity index (χ3n) is 1.54. The highest BCUT2D eigenvalue weighted by Crippen LogP contribution is 2.09. The molecular weight excluding hydrogens is 96.1 g/mol. The lowest BCUT2D eigenvalue weighted by atomic mass is 10.0. The Kier molecular flexibility index (Phi) is 5.14. The molecule has 0 unspecified atom stereocenters. The van der Waals surface area contributed by atoms with Crippen LogP contribution in [0.15, 0.2) is 0 Å². The molecule has 0 saturated heterocycles. The van der Waals surface area contributed by atoms with E-state index in [4.69, 9.17) is 0 Å². The van der Waals surface area contributed by atoms with E-state index >= 15 is 0 Å². The molecule has 0 heteroatoms. The van der Waals surface area contributed by atoms with Gasteiger partial charge in [0.05, 0.1) is 0 Å². The fourth-order valence-corrected chi connectivity index (χ4v) is 0.697. The third-order valence-corrected chi connectivity index (χ3v) is 1.54. The van der Waals surface area contributed by atoms with Crippen LogP contribution in [-0.4, -0.2) is 0 Å². The number of rotatable bonds is 4. The minimum Gasteiger partial charge on any atom is -0.0654 e. The molecule has 0 N–H and O–H groups in total. The third kappa shape index (κ3) is 4.17. The molecule has 1 atom stereocenters. The molecule has 0 aliphatic heterocycles. The summed E-state index contributed by atoms with van der Waals surface area (Å²) in [6.07, 6.45) is 5.15. The van der Waals surface area contributed by atoms with Crippen molar-refractivity contribution in [3.8, 4) is 0 Å². The summed E-state index contributed by atoms with van der Waals surface area (Å²) >= 11 is 0. The van der Waals surface area contributed by atoms with Crippen LogP contribution in [0.5, 0.6) is 0 Å². The second-order valence-electron chi connectivity index (χ2n) is 2.54. The predicted octanol–water partition coefficient (Wildman–Crippen LogP) is 3.04. The first-order valence-electron chi connectivity index (χ1n) is 3.60. The quantitative estimate of drug-likeness (QED) is 0.525.